The first-order valence-corrected chi connectivity index (χ1v) is 11.6. The number of aromatic nitrogens is 2. The minimum atomic E-state index is -3.48. The summed E-state index contributed by atoms with van der Waals surface area (Å²) in [5, 5.41) is 9.13. The van der Waals surface area contributed by atoms with Crippen LogP contribution < -0.4 is 5.32 Å². The SMILES string of the molecule is Cc1ccc(NCc2nc(-c3cccs3)no2)cc1S(=O)(=O)N1CCCCC1. The molecule has 1 aliphatic rings. The van der Waals surface area contributed by atoms with Gasteiger partial charge in [0, 0.05) is 18.8 Å². The van der Waals surface area contributed by atoms with Gasteiger partial charge in [-0.1, -0.05) is 23.7 Å². The summed E-state index contributed by atoms with van der Waals surface area (Å²) < 4.78 is 32.9. The fourth-order valence-corrected chi connectivity index (χ4v) is 5.66. The van der Waals surface area contributed by atoms with Crippen molar-refractivity contribution < 1.29 is 12.9 Å². The Morgan fingerprint density at radius 1 is 1.21 bits per heavy atom. The fraction of sp³-hybridized carbons (Fsp3) is 0.368. The maximum Gasteiger partial charge on any atom is 0.246 e. The van der Waals surface area contributed by atoms with E-state index in [-0.39, 0.29) is 0 Å². The summed E-state index contributed by atoms with van der Waals surface area (Å²) in [6, 6.07) is 9.25. The molecule has 148 valence electrons. The van der Waals surface area contributed by atoms with Gasteiger partial charge >= 0.3 is 0 Å². The highest BCUT2D eigenvalue weighted by Crippen LogP contribution is 2.26. The second-order valence-corrected chi connectivity index (χ2v) is 9.64. The molecule has 0 amide bonds. The largest absolute Gasteiger partial charge is 0.376 e. The first-order valence-electron chi connectivity index (χ1n) is 9.25. The van der Waals surface area contributed by atoms with Gasteiger partial charge in [0.25, 0.3) is 0 Å². The van der Waals surface area contributed by atoms with Crippen molar-refractivity contribution in [3.63, 3.8) is 0 Å². The van der Waals surface area contributed by atoms with Crippen molar-refractivity contribution in [3.05, 3.63) is 47.2 Å². The first kappa shape index (κ1) is 19.1. The highest BCUT2D eigenvalue weighted by molar-refractivity contribution is 7.89. The third kappa shape index (κ3) is 3.96. The Morgan fingerprint density at radius 2 is 2.04 bits per heavy atom. The third-order valence-electron chi connectivity index (χ3n) is 4.77. The van der Waals surface area contributed by atoms with Crippen LogP contribution in [-0.2, 0) is 16.6 Å². The van der Waals surface area contributed by atoms with Gasteiger partial charge in [-0.25, -0.2) is 8.42 Å². The zero-order chi connectivity index (χ0) is 19.6. The summed E-state index contributed by atoms with van der Waals surface area (Å²) in [5.74, 6) is 1.01. The summed E-state index contributed by atoms with van der Waals surface area (Å²) in [6.07, 6.45) is 2.92. The molecule has 28 heavy (non-hydrogen) atoms. The van der Waals surface area contributed by atoms with Gasteiger partial charge in [-0.3, -0.25) is 0 Å². The number of nitrogens with one attached hydrogen (secondary N) is 1. The molecule has 0 unspecified atom stereocenters. The van der Waals surface area contributed by atoms with Crippen LogP contribution in [0.25, 0.3) is 10.7 Å². The number of nitrogens with zero attached hydrogens (tertiary/aromatic N) is 3. The van der Waals surface area contributed by atoms with E-state index in [1.54, 1.807) is 21.7 Å². The molecule has 3 aromatic rings. The van der Waals surface area contributed by atoms with Crippen molar-refractivity contribution >= 4 is 27.0 Å². The molecule has 1 fully saturated rings. The molecule has 0 radical (unpaired) electrons. The highest BCUT2D eigenvalue weighted by atomic mass is 32.2. The zero-order valence-electron chi connectivity index (χ0n) is 15.6. The van der Waals surface area contributed by atoms with Gasteiger partial charge in [-0.05, 0) is 48.9 Å². The number of benzene rings is 1. The van der Waals surface area contributed by atoms with E-state index in [0.29, 0.717) is 41.9 Å². The smallest absolute Gasteiger partial charge is 0.246 e. The number of anilines is 1. The van der Waals surface area contributed by atoms with Crippen LogP contribution in [0.5, 0.6) is 0 Å². The number of rotatable bonds is 6. The van der Waals surface area contributed by atoms with Gasteiger partial charge in [0.2, 0.25) is 21.7 Å². The molecule has 0 atom stereocenters. The molecular weight excluding hydrogens is 396 g/mol. The van der Waals surface area contributed by atoms with Gasteiger partial charge in [0.1, 0.15) is 0 Å². The van der Waals surface area contributed by atoms with Crippen molar-refractivity contribution in [3.8, 4) is 10.7 Å². The van der Waals surface area contributed by atoms with Crippen LogP contribution in [0.3, 0.4) is 0 Å². The van der Waals surface area contributed by atoms with Crippen LogP contribution in [-0.4, -0.2) is 36.0 Å². The Hall–Kier alpha value is -2.23. The average Bonchev–Trinajstić information content (AvgIpc) is 3.39. The molecule has 9 heteroatoms. The Kier molecular flexibility index (Phi) is 5.47. The van der Waals surface area contributed by atoms with E-state index in [2.05, 4.69) is 15.5 Å². The summed E-state index contributed by atoms with van der Waals surface area (Å²) in [4.78, 5) is 5.67. The lowest BCUT2D eigenvalue weighted by molar-refractivity contribution is 0.346. The van der Waals surface area contributed by atoms with Crippen molar-refractivity contribution in [2.75, 3.05) is 18.4 Å². The van der Waals surface area contributed by atoms with Crippen LogP contribution in [0, 0.1) is 6.92 Å². The standard InChI is InChI=1S/C19H22N4O3S2/c1-14-7-8-15(12-17(14)28(24,25)23-9-3-2-4-10-23)20-13-18-21-19(22-26-18)16-6-5-11-27-16/h5-8,11-12,20H,2-4,9-10,13H2,1H3. The first-order chi connectivity index (χ1) is 13.5. The minimum Gasteiger partial charge on any atom is -0.376 e. The molecule has 1 saturated heterocycles. The second-order valence-electron chi connectivity index (χ2n) is 6.79. The van der Waals surface area contributed by atoms with E-state index in [9.17, 15) is 8.42 Å². The average molecular weight is 419 g/mol. The van der Waals surface area contributed by atoms with Crippen molar-refractivity contribution in [2.24, 2.45) is 0 Å². The normalized spacial score (nSPS) is 15.6. The Labute approximate surface area is 168 Å². The maximum absolute atomic E-state index is 13.0. The van der Waals surface area contributed by atoms with Gasteiger partial charge < -0.3 is 9.84 Å². The molecule has 7 nitrogen and oxygen atoms in total. The number of hydrogen-bond acceptors (Lipinski definition) is 7. The summed E-state index contributed by atoms with van der Waals surface area (Å²) in [7, 11) is -3.48. The summed E-state index contributed by atoms with van der Waals surface area (Å²) in [5.41, 5.74) is 1.45. The molecule has 1 N–H and O–H groups in total. The Bertz CT molecular complexity index is 1040. The van der Waals surface area contributed by atoms with Crippen LogP contribution in [0.2, 0.25) is 0 Å². The van der Waals surface area contributed by atoms with E-state index in [4.69, 9.17) is 4.52 Å². The second kappa shape index (κ2) is 8.02. The van der Waals surface area contributed by atoms with E-state index in [1.165, 1.54) is 0 Å². The topological polar surface area (TPSA) is 88.3 Å². The van der Waals surface area contributed by atoms with E-state index in [1.807, 2.05) is 36.6 Å². The molecule has 2 aromatic heterocycles. The zero-order valence-corrected chi connectivity index (χ0v) is 17.2. The van der Waals surface area contributed by atoms with Crippen LogP contribution in [0.15, 0.2) is 45.1 Å². The predicted octanol–water partition coefficient (Wildman–Crippen LogP) is 3.89. The van der Waals surface area contributed by atoms with Crippen molar-refractivity contribution in [1.82, 2.24) is 14.4 Å². The lowest BCUT2D eigenvalue weighted by atomic mass is 10.2. The molecule has 1 aliphatic heterocycles. The van der Waals surface area contributed by atoms with Gasteiger partial charge in [0.15, 0.2) is 0 Å². The summed E-state index contributed by atoms with van der Waals surface area (Å²) >= 11 is 1.55. The Morgan fingerprint density at radius 3 is 2.79 bits per heavy atom. The molecular formula is C19H22N4O3S2. The number of sulfonamides is 1. The molecule has 3 heterocycles. The molecule has 1 aromatic carbocycles. The van der Waals surface area contributed by atoms with Crippen LogP contribution in [0.4, 0.5) is 5.69 Å². The summed E-state index contributed by atoms with van der Waals surface area (Å²) in [6.45, 7) is 3.33. The highest BCUT2D eigenvalue weighted by Gasteiger charge is 2.27. The molecule has 0 aliphatic carbocycles. The molecule has 0 saturated carbocycles. The number of thiophene rings is 1. The fourth-order valence-electron chi connectivity index (χ4n) is 3.24. The predicted molar refractivity (Wildman–Crippen MR) is 109 cm³/mol. The Balaban J connectivity index is 1.49. The lowest BCUT2D eigenvalue weighted by Crippen LogP contribution is -2.36. The molecule has 4 rings (SSSR count). The maximum atomic E-state index is 13.0. The van der Waals surface area contributed by atoms with Crippen LogP contribution in [0.1, 0.15) is 30.7 Å². The number of hydrogen-bond donors (Lipinski definition) is 1. The van der Waals surface area contributed by atoms with Gasteiger partial charge in [-0.15, -0.1) is 11.3 Å². The quantitative estimate of drug-likeness (QED) is 0.653. The van der Waals surface area contributed by atoms with E-state index >= 15 is 0 Å². The number of piperidine rings is 1. The van der Waals surface area contributed by atoms with E-state index < -0.39 is 10.0 Å². The third-order valence-corrected chi connectivity index (χ3v) is 7.68. The van der Waals surface area contributed by atoms with Crippen molar-refractivity contribution in [2.45, 2.75) is 37.6 Å². The lowest BCUT2D eigenvalue weighted by Gasteiger charge is -2.26. The monoisotopic (exact) mass is 418 g/mol. The molecule has 0 bridgehead atoms. The van der Waals surface area contributed by atoms with E-state index in [0.717, 1.165) is 29.7 Å². The van der Waals surface area contributed by atoms with Gasteiger partial charge in [-0.2, -0.15) is 9.29 Å². The van der Waals surface area contributed by atoms with Crippen LogP contribution >= 0.6 is 11.3 Å². The van der Waals surface area contributed by atoms with Gasteiger partial charge in [0.05, 0.1) is 16.3 Å². The number of aryl methyl sites for hydroxylation is 1. The minimum absolute atomic E-state index is 0.324. The van der Waals surface area contributed by atoms with Crippen molar-refractivity contribution in [1.29, 1.82) is 0 Å². The molecule has 0 spiro atoms.